The fraction of sp³-hybridized carbons (Fsp3) is 0.273. The van der Waals surface area contributed by atoms with E-state index in [1.807, 2.05) is 23.9 Å². The van der Waals surface area contributed by atoms with Gasteiger partial charge in [0, 0.05) is 22.5 Å². The molecule has 2 aliphatic rings. The molecular weight excluding hydrogens is 393 g/mol. The van der Waals surface area contributed by atoms with Gasteiger partial charge in [-0.25, -0.2) is 14.0 Å². The van der Waals surface area contributed by atoms with Crippen LogP contribution in [0.3, 0.4) is 0 Å². The van der Waals surface area contributed by atoms with Gasteiger partial charge < -0.3 is 15.5 Å². The number of aliphatic carboxylic acids is 2. The van der Waals surface area contributed by atoms with Crippen LogP contribution in [0.4, 0.5) is 4.39 Å². The van der Waals surface area contributed by atoms with Crippen molar-refractivity contribution in [3.63, 3.8) is 0 Å². The van der Waals surface area contributed by atoms with Gasteiger partial charge in [0.1, 0.15) is 5.82 Å². The third-order valence-corrected chi connectivity index (χ3v) is 6.87. The second kappa shape index (κ2) is 9.24. The van der Waals surface area contributed by atoms with E-state index < -0.39 is 11.9 Å². The highest BCUT2D eigenvalue weighted by Crippen LogP contribution is 2.60. The first-order valence-electron chi connectivity index (χ1n) is 9.29. The maximum Gasteiger partial charge on any atom is 0.328 e. The monoisotopic (exact) mass is 415 g/mol. The summed E-state index contributed by atoms with van der Waals surface area (Å²) in [6.07, 6.45) is 3.37. The number of fused-ring (bicyclic) bond motifs is 2. The number of carbonyl (C=O) groups is 2. The number of piperidine rings is 1. The lowest BCUT2D eigenvalue weighted by atomic mass is 9.85. The van der Waals surface area contributed by atoms with Gasteiger partial charge in [-0.05, 0) is 43.1 Å². The molecule has 2 aromatic rings. The lowest BCUT2D eigenvalue weighted by Crippen LogP contribution is -2.36. The molecule has 0 amide bonds. The molecular formula is C22H22FNO4S. The van der Waals surface area contributed by atoms with Crippen molar-refractivity contribution >= 4 is 23.7 Å². The summed E-state index contributed by atoms with van der Waals surface area (Å²) in [5, 5.41) is 19.2. The predicted octanol–water partition coefficient (Wildman–Crippen LogP) is 3.95. The van der Waals surface area contributed by atoms with Crippen molar-refractivity contribution in [2.45, 2.75) is 22.8 Å². The van der Waals surface area contributed by atoms with E-state index in [0.717, 1.165) is 31.5 Å². The molecule has 0 aromatic heterocycles. The number of carboxylic acid groups (broad SMARTS) is 2. The molecule has 152 valence electrons. The number of thioether (sulfide) groups is 1. The Hall–Kier alpha value is -2.64. The molecule has 2 heterocycles. The smallest absolute Gasteiger partial charge is 0.328 e. The number of carboxylic acids is 2. The second-order valence-corrected chi connectivity index (χ2v) is 8.35. The highest BCUT2D eigenvalue weighted by Gasteiger charge is 2.45. The summed E-state index contributed by atoms with van der Waals surface area (Å²) in [5.74, 6) is -2.60. The minimum Gasteiger partial charge on any atom is -0.478 e. The summed E-state index contributed by atoms with van der Waals surface area (Å²) < 4.78 is 14.4. The standard InChI is InChI=1S/C18H18FNS.C4H4O4/c19-16-8-4-2-6-14(16)17-13-5-1-3-7-15(13)18(21-17)9-11-20-12-10-18;5-3(6)1-2-4(7)8/h1-8,17,20H,9-12H2;1-2H,(H,5,6)(H,7,8)/b;2-1-. The van der Waals surface area contributed by atoms with E-state index in [9.17, 15) is 14.0 Å². The van der Waals surface area contributed by atoms with E-state index >= 15 is 0 Å². The number of benzene rings is 2. The number of rotatable bonds is 3. The van der Waals surface area contributed by atoms with Crippen molar-refractivity contribution < 1.29 is 24.2 Å². The Morgan fingerprint density at radius 2 is 1.52 bits per heavy atom. The van der Waals surface area contributed by atoms with Crippen LogP contribution >= 0.6 is 11.8 Å². The van der Waals surface area contributed by atoms with Crippen molar-refractivity contribution in [3.8, 4) is 0 Å². The zero-order valence-corrected chi connectivity index (χ0v) is 16.5. The Balaban J connectivity index is 0.000000258. The van der Waals surface area contributed by atoms with Gasteiger partial charge in [-0.15, -0.1) is 11.8 Å². The third-order valence-electron chi connectivity index (χ3n) is 5.04. The lowest BCUT2D eigenvalue weighted by molar-refractivity contribution is -0.134. The Bertz CT molecular complexity index is 909. The molecule has 1 atom stereocenters. The van der Waals surface area contributed by atoms with Crippen LogP contribution in [0.5, 0.6) is 0 Å². The van der Waals surface area contributed by atoms with E-state index in [0.29, 0.717) is 12.2 Å². The molecule has 0 saturated carbocycles. The largest absolute Gasteiger partial charge is 0.478 e. The van der Waals surface area contributed by atoms with Crippen molar-refractivity contribution in [3.05, 3.63) is 83.2 Å². The summed E-state index contributed by atoms with van der Waals surface area (Å²) in [6, 6.07) is 15.8. The maximum absolute atomic E-state index is 14.3. The second-order valence-electron chi connectivity index (χ2n) is 6.86. The van der Waals surface area contributed by atoms with E-state index in [4.69, 9.17) is 10.2 Å². The fourth-order valence-corrected chi connectivity index (χ4v) is 5.63. The first-order valence-corrected chi connectivity index (χ1v) is 10.2. The van der Waals surface area contributed by atoms with Crippen LogP contribution in [0, 0.1) is 5.82 Å². The third kappa shape index (κ3) is 4.86. The number of halogens is 1. The van der Waals surface area contributed by atoms with Crippen molar-refractivity contribution in [1.29, 1.82) is 0 Å². The number of nitrogens with one attached hydrogen (secondary N) is 1. The summed E-state index contributed by atoms with van der Waals surface area (Å²) >= 11 is 1.95. The maximum atomic E-state index is 14.3. The lowest BCUT2D eigenvalue weighted by Gasteiger charge is -2.34. The first kappa shape index (κ1) is 21.1. The normalized spacial score (nSPS) is 19.4. The van der Waals surface area contributed by atoms with E-state index in [-0.39, 0.29) is 15.8 Å². The van der Waals surface area contributed by atoms with Gasteiger partial charge >= 0.3 is 11.9 Å². The Kier molecular flexibility index (Phi) is 6.71. The molecule has 1 spiro atoms. The number of hydrogen-bond donors (Lipinski definition) is 3. The zero-order valence-electron chi connectivity index (χ0n) is 15.7. The highest BCUT2D eigenvalue weighted by atomic mass is 32.2. The van der Waals surface area contributed by atoms with Gasteiger partial charge in [0.05, 0.1) is 5.25 Å². The molecule has 1 saturated heterocycles. The first-order chi connectivity index (χ1) is 13.9. The van der Waals surface area contributed by atoms with Gasteiger partial charge in [0.2, 0.25) is 0 Å². The minimum atomic E-state index is -1.26. The van der Waals surface area contributed by atoms with Crippen LogP contribution < -0.4 is 5.32 Å². The van der Waals surface area contributed by atoms with Crippen LogP contribution in [0.2, 0.25) is 0 Å². The van der Waals surface area contributed by atoms with Crippen molar-refractivity contribution in [1.82, 2.24) is 5.32 Å². The minimum absolute atomic E-state index is 0.0872. The Morgan fingerprint density at radius 3 is 2.10 bits per heavy atom. The molecule has 3 N–H and O–H groups in total. The Labute approximate surface area is 172 Å². The summed E-state index contributed by atoms with van der Waals surface area (Å²) in [6.45, 7) is 2.09. The van der Waals surface area contributed by atoms with E-state index in [2.05, 4.69) is 29.6 Å². The average Bonchev–Trinajstić information content (AvgIpc) is 3.02. The summed E-state index contributed by atoms with van der Waals surface area (Å²) in [7, 11) is 0. The predicted molar refractivity (Wildman–Crippen MR) is 110 cm³/mol. The van der Waals surface area contributed by atoms with Crippen LogP contribution in [0.15, 0.2) is 60.7 Å². The molecule has 1 fully saturated rings. The molecule has 2 aromatic carbocycles. The van der Waals surface area contributed by atoms with E-state index in [1.54, 1.807) is 12.1 Å². The average molecular weight is 415 g/mol. The van der Waals surface area contributed by atoms with Crippen LogP contribution in [0.25, 0.3) is 0 Å². The van der Waals surface area contributed by atoms with Crippen molar-refractivity contribution in [2.75, 3.05) is 13.1 Å². The van der Waals surface area contributed by atoms with E-state index in [1.165, 1.54) is 11.1 Å². The zero-order chi connectivity index (χ0) is 20.9. The molecule has 29 heavy (non-hydrogen) atoms. The molecule has 0 radical (unpaired) electrons. The van der Waals surface area contributed by atoms with Gasteiger partial charge in [-0.1, -0.05) is 42.5 Å². The molecule has 2 aliphatic heterocycles. The van der Waals surface area contributed by atoms with Gasteiger partial charge in [0.25, 0.3) is 0 Å². The highest BCUT2D eigenvalue weighted by molar-refractivity contribution is 8.01. The SMILES string of the molecule is Fc1ccccc1C1SC2(CCNCC2)c2ccccc21.O=C(O)/C=C\C(=O)O. The molecule has 4 rings (SSSR count). The quantitative estimate of drug-likeness (QED) is 0.658. The van der Waals surface area contributed by atoms with Gasteiger partial charge in [-0.2, -0.15) is 0 Å². The molecule has 1 unspecified atom stereocenters. The van der Waals surface area contributed by atoms with Crippen LogP contribution in [0.1, 0.15) is 34.8 Å². The molecule has 0 bridgehead atoms. The Morgan fingerprint density at radius 1 is 0.966 bits per heavy atom. The topological polar surface area (TPSA) is 86.6 Å². The molecule has 7 heteroatoms. The van der Waals surface area contributed by atoms with Crippen LogP contribution in [-0.2, 0) is 14.3 Å². The summed E-state index contributed by atoms with van der Waals surface area (Å²) in [5.41, 5.74) is 3.55. The van der Waals surface area contributed by atoms with Crippen molar-refractivity contribution in [2.24, 2.45) is 0 Å². The fourth-order valence-electron chi connectivity index (χ4n) is 3.77. The van der Waals surface area contributed by atoms with Gasteiger partial charge in [0.15, 0.2) is 0 Å². The van der Waals surface area contributed by atoms with Crippen LogP contribution in [-0.4, -0.2) is 35.2 Å². The number of hydrogen-bond acceptors (Lipinski definition) is 4. The summed E-state index contributed by atoms with van der Waals surface area (Å²) in [4.78, 5) is 19.1. The molecule has 0 aliphatic carbocycles. The van der Waals surface area contributed by atoms with Gasteiger partial charge in [-0.3, -0.25) is 0 Å². The molecule has 5 nitrogen and oxygen atoms in total.